The van der Waals surface area contributed by atoms with Crippen LogP contribution in [0.5, 0.6) is 23.0 Å². The number of methoxy groups -OCH3 is 2. The Balaban J connectivity index is 1.43. The van der Waals surface area contributed by atoms with Gasteiger partial charge < -0.3 is 29.6 Å². The van der Waals surface area contributed by atoms with Gasteiger partial charge in [0.25, 0.3) is 5.91 Å². The average molecular weight is 490 g/mol. The second kappa shape index (κ2) is 8.60. The number of benzene rings is 2. The number of rotatable bonds is 5. The number of hydrogen-bond donors (Lipinski definition) is 2. The lowest BCUT2D eigenvalue weighted by molar-refractivity contribution is -0.173. The second-order valence-electron chi connectivity index (χ2n) is 7.98. The molecule has 3 aromatic rings. The van der Waals surface area contributed by atoms with E-state index in [4.69, 9.17) is 18.9 Å². The highest BCUT2D eigenvalue weighted by atomic mass is 19.4. The molecule has 1 amide bonds. The summed E-state index contributed by atoms with van der Waals surface area (Å²) in [6.07, 6.45) is -4.89. The Morgan fingerprint density at radius 2 is 1.91 bits per heavy atom. The first-order chi connectivity index (χ1) is 16.8. The number of ether oxygens (including phenoxy) is 4. The minimum Gasteiger partial charge on any atom is -0.497 e. The first-order valence-electron chi connectivity index (χ1n) is 10.6. The number of nitrogens with one attached hydrogen (secondary N) is 2. The van der Waals surface area contributed by atoms with Gasteiger partial charge in [0.1, 0.15) is 17.3 Å². The molecule has 2 atom stereocenters. The molecule has 0 saturated heterocycles. The zero-order valence-corrected chi connectivity index (χ0v) is 18.7. The summed E-state index contributed by atoms with van der Waals surface area (Å²) in [4.78, 5) is 12.9. The maximum Gasteiger partial charge on any atom is 0.410 e. The number of hydrogen-bond acceptors (Lipinski definition) is 7. The molecule has 2 aliphatic heterocycles. The fourth-order valence-electron chi connectivity index (χ4n) is 4.12. The number of fused-ring (bicyclic) bond motifs is 2. The van der Waals surface area contributed by atoms with Crippen LogP contribution in [0.25, 0.3) is 0 Å². The molecule has 2 aliphatic rings. The quantitative estimate of drug-likeness (QED) is 0.542. The predicted molar refractivity (Wildman–Crippen MR) is 118 cm³/mol. The normalized spacial score (nSPS) is 18.4. The molecule has 0 saturated carbocycles. The minimum absolute atomic E-state index is 0.0618. The molecule has 1 aromatic heterocycles. The van der Waals surface area contributed by atoms with Crippen LogP contribution in [0.1, 0.15) is 34.6 Å². The summed E-state index contributed by atoms with van der Waals surface area (Å²) in [6, 6.07) is 8.45. The molecule has 12 heteroatoms. The summed E-state index contributed by atoms with van der Waals surface area (Å²) in [5.41, 5.74) is 0.749. The molecule has 35 heavy (non-hydrogen) atoms. The number of anilines is 2. The van der Waals surface area contributed by atoms with E-state index < -0.39 is 24.2 Å². The summed E-state index contributed by atoms with van der Waals surface area (Å²) >= 11 is 0. The van der Waals surface area contributed by atoms with Crippen molar-refractivity contribution in [2.45, 2.75) is 24.7 Å². The van der Waals surface area contributed by atoms with Gasteiger partial charge in [-0.2, -0.15) is 18.3 Å². The Morgan fingerprint density at radius 1 is 1.11 bits per heavy atom. The van der Waals surface area contributed by atoms with Gasteiger partial charge >= 0.3 is 6.18 Å². The third-order valence-corrected chi connectivity index (χ3v) is 5.88. The predicted octanol–water partition coefficient (Wildman–Crippen LogP) is 4.54. The van der Waals surface area contributed by atoms with Crippen LogP contribution in [-0.4, -0.2) is 42.9 Å². The van der Waals surface area contributed by atoms with Gasteiger partial charge in [-0.25, -0.2) is 4.68 Å². The van der Waals surface area contributed by atoms with Gasteiger partial charge in [0.15, 0.2) is 23.2 Å². The van der Waals surface area contributed by atoms with Crippen molar-refractivity contribution in [3.8, 4) is 23.0 Å². The topological polar surface area (TPSA) is 95.9 Å². The Morgan fingerprint density at radius 3 is 2.66 bits per heavy atom. The number of amides is 1. The number of carbonyl (C=O) groups is 1. The van der Waals surface area contributed by atoms with Crippen molar-refractivity contribution in [1.82, 2.24) is 9.78 Å². The highest BCUT2D eigenvalue weighted by Crippen LogP contribution is 2.45. The third kappa shape index (κ3) is 4.27. The maximum absolute atomic E-state index is 14.0. The molecule has 0 bridgehead atoms. The van der Waals surface area contributed by atoms with E-state index in [-0.39, 0.29) is 24.7 Å². The molecular formula is C23H21F3N4O5. The lowest BCUT2D eigenvalue weighted by atomic mass is 9.96. The maximum atomic E-state index is 14.0. The lowest BCUT2D eigenvalue weighted by Crippen LogP contribution is -2.35. The van der Waals surface area contributed by atoms with Crippen molar-refractivity contribution >= 4 is 17.4 Å². The van der Waals surface area contributed by atoms with Crippen LogP contribution in [0.3, 0.4) is 0 Å². The highest BCUT2D eigenvalue weighted by Gasteiger charge is 2.47. The van der Waals surface area contributed by atoms with Crippen LogP contribution in [0.4, 0.5) is 24.7 Å². The van der Waals surface area contributed by atoms with Crippen molar-refractivity contribution in [2.75, 3.05) is 31.6 Å². The minimum atomic E-state index is -4.58. The van der Waals surface area contributed by atoms with E-state index in [1.807, 2.05) is 0 Å². The largest absolute Gasteiger partial charge is 0.497 e. The Bertz CT molecular complexity index is 1280. The standard InChI is InChI=1S/C23H21F3N4O5/c1-32-13-4-5-14(18(8-13)33-2)28-22(31)16-10-21-27-15(9-20(23(24,25)26)30(21)29-16)12-3-6-17-19(7-12)35-11-34-17/h3-8,10,15,20,27H,9,11H2,1-2H3,(H,28,31)/t15-,20-/m0/s1. The van der Waals surface area contributed by atoms with Crippen LogP contribution in [0.15, 0.2) is 42.5 Å². The van der Waals surface area contributed by atoms with Gasteiger partial charge in [-0.05, 0) is 29.8 Å². The fraction of sp³-hybridized carbons (Fsp3) is 0.304. The van der Waals surface area contributed by atoms with Crippen molar-refractivity contribution in [1.29, 1.82) is 0 Å². The Labute approximate surface area is 197 Å². The highest BCUT2D eigenvalue weighted by molar-refractivity contribution is 6.04. The van der Waals surface area contributed by atoms with E-state index in [0.29, 0.717) is 34.2 Å². The van der Waals surface area contributed by atoms with Gasteiger partial charge in [0.05, 0.1) is 25.9 Å². The third-order valence-electron chi connectivity index (χ3n) is 5.88. The van der Waals surface area contributed by atoms with Gasteiger partial charge in [-0.15, -0.1) is 0 Å². The first-order valence-corrected chi connectivity index (χ1v) is 10.6. The first kappa shape index (κ1) is 22.7. The monoisotopic (exact) mass is 490 g/mol. The number of carbonyl (C=O) groups excluding carboxylic acids is 1. The molecule has 184 valence electrons. The Hall–Kier alpha value is -4.09. The van der Waals surface area contributed by atoms with E-state index >= 15 is 0 Å². The smallest absolute Gasteiger partial charge is 0.410 e. The van der Waals surface area contributed by atoms with E-state index in [9.17, 15) is 18.0 Å². The number of aromatic nitrogens is 2. The number of halogens is 3. The molecule has 9 nitrogen and oxygen atoms in total. The van der Waals surface area contributed by atoms with E-state index in [1.165, 1.54) is 20.3 Å². The second-order valence-corrected chi connectivity index (χ2v) is 7.98. The molecule has 3 heterocycles. The summed E-state index contributed by atoms with van der Waals surface area (Å²) in [5, 5.41) is 9.68. The van der Waals surface area contributed by atoms with Crippen LogP contribution in [-0.2, 0) is 0 Å². The van der Waals surface area contributed by atoms with Crippen LogP contribution >= 0.6 is 0 Å². The van der Waals surface area contributed by atoms with Crippen LogP contribution in [0.2, 0.25) is 0 Å². The zero-order chi connectivity index (χ0) is 24.7. The lowest BCUT2D eigenvalue weighted by Gasteiger charge is -2.33. The Kier molecular flexibility index (Phi) is 5.58. The fourth-order valence-corrected chi connectivity index (χ4v) is 4.12. The molecular weight excluding hydrogens is 469 g/mol. The molecule has 0 aliphatic carbocycles. The summed E-state index contributed by atoms with van der Waals surface area (Å²) in [6.45, 7) is 0.0618. The number of nitrogens with zero attached hydrogens (tertiary/aromatic N) is 2. The summed E-state index contributed by atoms with van der Waals surface area (Å²) in [5.74, 6) is 1.25. The molecule has 2 N–H and O–H groups in total. The molecule has 2 aromatic carbocycles. The van der Waals surface area contributed by atoms with Gasteiger partial charge in [0.2, 0.25) is 6.79 Å². The van der Waals surface area contributed by atoms with E-state index in [2.05, 4.69) is 15.7 Å². The molecule has 5 rings (SSSR count). The van der Waals surface area contributed by atoms with Gasteiger partial charge in [-0.3, -0.25) is 4.79 Å². The van der Waals surface area contributed by atoms with Crippen molar-refractivity contribution in [2.24, 2.45) is 0 Å². The van der Waals surface area contributed by atoms with Crippen molar-refractivity contribution in [3.63, 3.8) is 0 Å². The summed E-state index contributed by atoms with van der Waals surface area (Å²) < 4.78 is 63.8. The molecule has 0 fully saturated rings. The summed E-state index contributed by atoms with van der Waals surface area (Å²) in [7, 11) is 2.91. The van der Waals surface area contributed by atoms with Gasteiger partial charge in [-0.1, -0.05) is 6.07 Å². The SMILES string of the molecule is COc1ccc(NC(=O)c2cc3n(n2)[C@H](C(F)(F)F)C[C@@H](c2ccc4c(c2)OCO4)N3)c(OC)c1. The molecule has 0 radical (unpaired) electrons. The van der Waals surface area contributed by atoms with Crippen LogP contribution < -0.4 is 29.6 Å². The van der Waals surface area contributed by atoms with Crippen molar-refractivity contribution in [3.05, 3.63) is 53.7 Å². The average Bonchev–Trinajstić information content (AvgIpc) is 3.49. The van der Waals surface area contributed by atoms with Crippen LogP contribution in [0, 0.1) is 0 Å². The molecule has 0 spiro atoms. The van der Waals surface area contributed by atoms with E-state index in [0.717, 1.165) is 4.68 Å². The number of alkyl halides is 3. The zero-order valence-electron chi connectivity index (χ0n) is 18.7. The van der Waals surface area contributed by atoms with Crippen molar-refractivity contribution < 1.29 is 36.9 Å². The van der Waals surface area contributed by atoms with E-state index in [1.54, 1.807) is 36.4 Å². The van der Waals surface area contributed by atoms with Gasteiger partial charge in [0, 0.05) is 18.6 Å². The molecule has 0 unspecified atom stereocenters.